The molecule has 0 heterocycles. The Morgan fingerprint density at radius 1 is 1.55 bits per heavy atom. The van der Waals surface area contributed by atoms with Crippen LogP contribution in [0.2, 0.25) is 0 Å². The van der Waals surface area contributed by atoms with Crippen molar-refractivity contribution >= 4 is 0 Å². The summed E-state index contributed by atoms with van der Waals surface area (Å²) in [7, 11) is 0. The molecule has 2 N–H and O–H groups in total. The molecule has 0 saturated carbocycles. The summed E-state index contributed by atoms with van der Waals surface area (Å²) in [6.45, 7) is 7.20. The second kappa shape index (κ2) is 4.52. The fourth-order valence-corrected chi connectivity index (χ4v) is 0.902. The maximum atomic E-state index is 9.73. The van der Waals surface area contributed by atoms with E-state index < -0.39 is 5.60 Å². The Morgan fingerprint density at radius 3 is 2.36 bits per heavy atom. The summed E-state index contributed by atoms with van der Waals surface area (Å²) in [5, 5.41) is 18.6. The highest BCUT2D eigenvalue weighted by atomic mass is 16.3. The summed E-state index contributed by atoms with van der Waals surface area (Å²) in [4.78, 5) is 0. The largest absolute Gasteiger partial charge is 0.393 e. The molecule has 0 aromatic carbocycles. The Morgan fingerprint density at radius 2 is 2.09 bits per heavy atom. The molecule has 0 amide bonds. The van der Waals surface area contributed by atoms with Crippen molar-refractivity contribution in [3.05, 3.63) is 12.7 Å². The Kier molecular flexibility index (Phi) is 4.38. The molecule has 0 radical (unpaired) electrons. The molecule has 0 saturated heterocycles. The molecule has 0 rings (SSSR count). The first-order chi connectivity index (χ1) is 5.06. The molecular formula is C9H18O2. The zero-order valence-corrected chi connectivity index (χ0v) is 7.38. The summed E-state index contributed by atoms with van der Waals surface area (Å²) in [6, 6.07) is 0. The first-order valence-electron chi connectivity index (χ1n) is 4.01. The number of aliphatic hydroxyl groups is 2. The maximum Gasteiger partial charge on any atom is 0.0903 e. The fourth-order valence-electron chi connectivity index (χ4n) is 0.902. The molecule has 66 valence electrons. The van der Waals surface area contributed by atoms with Crippen LogP contribution in [0.1, 0.15) is 26.7 Å². The molecule has 2 heteroatoms. The molecule has 2 nitrogen and oxygen atoms in total. The Balaban J connectivity index is 3.98. The molecule has 0 aliphatic rings. The monoisotopic (exact) mass is 158 g/mol. The summed E-state index contributed by atoms with van der Waals surface area (Å²) in [5.41, 5.74) is -0.922. The predicted octanol–water partition coefficient (Wildman–Crippen LogP) is 1.33. The van der Waals surface area contributed by atoms with Crippen LogP contribution in [0.3, 0.4) is 0 Å². The molecule has 0 fully saturated rings. The van der Waals surface area contributed by atoms with Gasteiger partial charge in [-0.25, -0.2) is 0 Å². The van der Waals surface area contributed by atoms with Gasteiger partial charge in [0.05, 0.1) is 12.2 Å². The lowest BCUT2D eigenvalue weighted by atomic mass is 9.87. The van der Waals surface area contributed by atoms with Crippen LogP contribution in [0.4, 0.5) is 0 Å². The van der Waals surface area contributed by atoms with Gasteiger partial charge in [0.2, 0.25) is 0 Å². The normalized spacial score (nSPS) is 16.5. The molecule has 11 heavy (non-hydrogen) atoms. The Bertz CT molecular complexity index is 121. The molecule has 0 aliphatic carbocycles. The Hall–Kier alpha value is -0.340. The van der Waals surface area contributed by atoms with Gasteiger partial charge in [-0.15, -0.1) is 6.58 Å². The highest BCUT2D eigenvalue weighted by Crippen LogP contribution is 2.21. The van der Waals surface area contributed by atoms with Gasteiger partial charge in [-0.2, -0.15) is 0 Å². The zero-order valence-electron chi connectivity index (χ0n) is 7.38. The van der Waals surface area contributed by atoms with Crippen LogP contribution in [-0.4, -0.2) is 22.4 Å². The van der Waals surface area contributed by atoms with Crippen LogP contribution in [0.25, 0.3) is 0 Å². The van der Waals surface area contributed by atoms with Crippen LogP contribution in [0, 0.1) is 5.92 Å². The third kappa shape index (κ3) is 3.04. The summed E-state index contributed by atoms with van der Waals surface area (Å²) >= 11 is 0. The quantitative estimate of drug-likeness (QED) is 0.593. The lowest BCUT2D eigenvalue weighted by Crippen LogP contribution is -2.38. The molecule has 0 unspecified atom stereocenters. The van der Waals surface area contributed by atoms with E-state index in [4.69, 9.17) is 5.11 Å². The second-order valence-electron chi connectivity index (χ2n) is 3.24. The average Bonchev–Trinajstić information content (AvgIpc) is 2.00. The molecular weight excluding hydrogens is 140 g/mol. The third-order valence-corrected chi connectivity index (χ3v) is 2.13. The number of rotatable bonds is 5. The molecule has 0 bridgehead atoms. The van der Waals surface area contributed by atoms with E-state index in [1.807, 2.05) is 13.8 Å². The van der Waals surface area contributed by atoms with E-state index in [0.717, 1.165) is 6.42 Å². The van der Waals surface area contributed by atoms with E-state index in [9.17, 15) is 5.11 Å². The van der Waals surface area contributed by atoms with Gasteiger partial charge in [0.25, 0.3) is 0 Å². The highest BCUT2D eigenvalue weighted by Gasteiger charge is 2.28. The van der Waals surface area contributed by atoms with E-state index in [2.05, 4.69) is 6.58 Å². The SMILES string of the molecule is C=CCC[C@@](O)(CO)C(C)C. The van der Waals surface area contributed by atoms with Crippen molar-refractivity contribution in [2.75, 3.05) is 6.61 Å². The summed E-state index contributed by atoms with van der Waals surface area (Å²) in [5.74, 6) is 0.0902. The van der Waals surface area contributed by atoms with E-state index >= 15 is 0 Å². The van der Waals surface area contributed by atoms with E-state index in [0.29, 0.717) is 6.42 Å². The van der Waals surface area contributed by atoms with Gasteiger partial charge in [0.15, 0.2) is 0 Å². The molecule has 0 aliphatic heterocycles. The van der Waals surface area contributed by atoms with Crippen molar-refractivity contribution < 1.29 is 10.2 Å². The fraction of sp³-hybridized carbons (Fsp3) is 0.778. The smallest absolute Gasteiger partial charge is 0.0903 e. The highest BCUT2D eigenvalue weighted by molar-refractivity contribution is 4.84. The lowest BCUT2D eigenvalue weighted by Gasteiger charge is -2.29. The van der Waals surface area contributed by atoms with E-state index in [1.165, 1.54) is 0 Å². The predicted molar refractivity (Wildman–Crippen MR) is 46.3 cm³/mol. The lowest BCUT2D eigenvalue weighted by molar-refractivity contribution is -0.0565. The van der Waals surface area contributed by atoms with Gasteiger partial charge in [-0.1, -0.05) is 19.9 Å². The van der Waals surface area contributed by atoms with E-state index in [1.54, 1.807) is 6.08 Å². The number of aliphatic hydroxyl groups excluding tert-OH is 1. The number of hydrogen-bond donors (Lipinski definition) is 2. The van der Waals surface area contributed by atoms with E-state index in [-0.39, 0.29) is 12.5 Å². The molecule has 0 spiro atoms. The standard InChI is InChI=1S/C9H18O2/c1-4-5-6-9(11,7-10)8(2)3/h4,8,10-11H,1,5-7H2,2-3H3/t9-/m1/s1. The maximum absolute atomic E-state index is 9.73. The van der Waals surface area contributed by atoms with Gasteiger partial charge in [0, 0.05) is 0 Å². The van der Waals surface area contributed by atoms with Gasteiger partial charge in [-0.05, 0) is 18.8 Å². The minimum absolute atomic E-state index is 0.0902. The topological polar surface area (TPSA) is 40.5 Å². The first-order valence-corrected chi connectivity index (χ1v) is 4.01. The first kappa shape index (κ1) is 10.7. The minimum atomic E-state index is -0.922. The number of hydrogen-bond acceptors (Lipinski definition) is 2. The minimum Gasteiger partial charge on any atom is -0.393 e. The molecule has 0 aromatic rings. The summed E-state index contributed by atoms with van der Waals surface area (Å²) < 4.78 is 0. The van der Waals surface area contributed by atoms with Crippen molar-refractivity contribution in [1.29, 1.82) is 0 Å². The van der Waals surface area contributed by atoms with Crippen molar-refractivity contribution in [2.24, 2.45) is 5.92 Å². The Labute approximate surface area is 68.6 Å². The van der Waals surface area contributed by atoms with Crippen molar-refractivity contribution in [2.45, 2.75) is 32.3 Å². The number of allylic oxidation sites excluding steroid dienone is 1. The van der Waals surface area contributed by atoms with Crippen molar-refractivity contribution in [3.63, 3.8) is 0 Å². The van der Waals surface area contributed by atoms with Crippen LogP contribution in [-0.2, 0) is 0 Å². The van der Waals surface area contributed by atoms with Crippen LogP contribution >= 0.6 is 0 Å². The van der Waals surface area contributed by atoms with Gasteiger partial charge < -0.3 is 10.2 Å². The average molecular weight is 158 g/mol. The van der Waals surface area contributed by atoms with Gasteiger partial charge in [-0.3, -0.25) is 0 Å². The van der Waals surface area contributed by atoms with Crippen LogP contribution < -0.4 is 0 Å². The van der Waals surface area contributed by atoms with Crippen LogP contribution in [0.5, 0.6) is 0 Å². The second-order valence-corrected chi connectivity index (χ2v) is 3.24. The third-order valence-electron chi connectivity index (χ3n) is 2.13. The van der Waals surface area contributed by atoms with Crippen LogP contribution in [0.15, 0.2) is 12.7 Å². The molecule has 1 atom stereocenters. The molecule has 0 aromatic heterocycles. The van der Waals surface area contributed by atoms with Crippen molar-refractivity contribution in [3.8, 4) is 0 Å². The van der Waals surface area contributed by atoms with Gasteiger partial charge >= 0.3 is 0 Å². The zero-order chi connectivity index (χ0) is 8.91. The van der Waals surface area contributed by atoms with Gasteiger partial charge in [0.1, 0.15) is 0 Å². The van der Waals surface area contributed by atoms with Crippen molar-refractivity contribution in [1.82, 2.24) is 0 Å². The summed E-state index contributed by atoms with van der Waals surface area (Å²) in [6.07, 6.45) is 3.09.